The van der Waals surface area contributed by atoms with Gasteiger partial charge >= 0.3 is 6.03 Å². The predicted octanol–water partition coefficient (Wildman–Crippen LogP) is 2.55. The summed E-state index contributed by atoms with van der Waals surface area (Å²) in [5.41, 5.74) is 7.18. The molecule has 0 unspecified atom stereocenters. The van der Waals surface area contributed by atoms with Gasteiger partial charge in [-0.2, -0.15) is 20.6 Å². The monoisotopic (exact) mass is 388 g/mol. The number of rotatable bonds is 3. The van der Waals surface area contributed by atoms with E-state index in [4.69, 9.17) is 5.73 Å². The lowest BCUT2D eigenvalue weighted by Crippen LogP contribution is -2.28. The van der Waals surface area contributed by atoms with Gasteiger partial charge in [-0.1, -0.05) is 30.3 Å². The van der Waals surface area contributed by atoms with Gasteiger partial charge in [-0.3, -0.25) is 4.68 Å². The van der Waals surface area contributed by atoms with Gasteiger partial charge in [-0.25, -0.2) is 9.36 Å². The highest BCUT2D eigenvalue weighted by atomic mass is 16.2. The van der Waals surface area contributed by atoms with Crippen molar-refractivity contribution in [3.8, 4) is 23.4 Å². The van der Waals surface area contributed by atoms with Crippen molar-refractivity contribution < 1.29 is 4.79 Å². The summed E-state index contributed by atoms with van der Waals surface area (Å²) in [6.07, 6.45) is 0. The van der Waals surface area contributed by atoms with E-state index in [1.54, 1.807) is 13.1 Å². The van der Waals surface area contributed by atoms with E-state index < -0.39 is 6.03 Å². The molecule has 2 aromatic heterocycles. The summed E-state index contributed by atoms with van der Waals surface area (Å²) in [6.45, 7) is 0. The van der Waals surface area contributed by atoms with Gasteiger partial charge in [-0.05, 0) is 0 Å². The number of hydrogen-bond donors (Lipinski definition) is 1. The van der Waals surface area contributed by atoms with Crippen LogP contribution in [-0.2, 0) is 7.05 Å². The van der Waals surface area contributed by atoms with Gasteiger partial charge in [0.05, 0.1) is 0 Å². The topological polar surface area (TPSA) is 154 Å². The Labute approximate surface area is 165 Å². The lowest BCUT2D eigenvalue weighted by molar-refractivity contribution is 0.219. The Morgan fingerprint density at radius 3 is 2.45 bits per heavy atom. The molecule has 144 valence electrons. The second kappa shape index (κ2) is 7.62. The third-order valence-electron chi connectivity index (χ3n) is 4.00. The molecule has 0 saturated heterocycles. The van der Waals surface area contributed by atoms with Crippen LogP contribution in [0, 0.1) is 22.7 Å². The molecule has 3 rings (SSSR count). The van der Waals surface area contributed by atoms with Crippen molar-refractivity contribution in [2.45, 2.75) is 0 Å². The highest BCUT2D eigenvalue weighted by Gasteiger charge is 2.24. The SMILES string of the molecule is CN(C)C(=O)n1c(/N=N/c2c(-c3ccccc3)nn(C)c2N)nc(C#N)c1C#N. The maximum Gasteiger partial charge on any atom is 0.331 e. The average Bonchev–Trinajstić information content (AvgIpc) is 3.23. The molecule has 0 atom stereocenters. The molecule has 1 amide bonds. The minimum absolute atomic E-state index is 0.209. The molecule has 2 N–H and O–H groups in total. The van der Waals surface area contributed by atoms with Crippen LogP contribution in [0.3, 0.4) is 0 Å². The Bertz CT molecular complexity index is 1190. The van der Waals surface area contributed by atoms with E-state index in [1.807, 2.05) is 36.4 Å². The smallest absolute Gasteiger partial charge is 0.331 e. The summed E-state index contributed by atoms with van der Waals surface area (Å²) in [5.74, 6) is 0.0460. The fourth-order valence-electron chi connectivity index (χ4n) is 2.55. The molecule has 0 fully saturated rings. The van der Waals surface area contributed by atoms with Gasteiger partial charge < -0.3 is 10.6 Å². The number of aryl methyl sites for hydroxylation is 1. The molecule has 29 heavy (non-hydrogen) atoms. The summed E-state index contributed by atoms with van der Waals surface area (Å²) >= 11 is 0. The Morgan fingerprint density at radius 2 is 1.86 bits per heavy atom. The molecule has 0 spiro atoms. The van der Waals surface area contributed by atoms with Crippen molar-refractivity contribution >= 4 is 23.5 Å². The van der Waals surface area contributed by atoms with Crippen molar-refractivity contribution in [1.29, 1.82) is 10.5 Å². The minimum atomic E-state index is -0.591. The number of hydrogen-bond acceptors (Lipinski definition) is 8. The van der Waals surface area contributed by atoms with E-state index in [0.29, 0.717) is 5.69 Å². The lowest BCUT2D eigenvalue weighted by atomic mass is 10.1. The van der Waals surface area contributed by atoms with Crippen LogP contribution < -0.4 is 5.73 Å². The maximum atomic E-state index is 12.5. The van der Waals surface area contributed by atoms with E-state index >= 15 is 0 Å². The summed E-state index contributed by atoms with van der Waals surface area (Å²) in [7, 11) is 4.67. The van der Waals surface area contributed by atoms with E-state index in [9.17, 15) is 15.3 Å². The third kappa shape index (κ3) is 3.40. The number of benzene rings is 1. The van der Waals surface area contributed by atoms with E-state index in [2.05, 4.69) is 20.3 Å². The Morgan fingerprint density at radius 1 is 1.17 bits per heavy atom. The number of nitrogens with zero attached hydrogens (tertiary/aromatic N) is 9. The molecule has 0 aliphatic heterocycles. The minimum Gasteiger partial charge on any atom is -0.382 e. The molecule has 3 aromatic rings. The number of nitrogen functional groups attached to an aromatic ring is 1. The van der Waals surface area contributed by atoms with Gasteiger partial charge in [-0.15, -0.1) is 10.2 Å². The Balaban J connectivity index is 2.15. The van der Waals surface area contributed by atoms with Gasteiger partial charge in [0.2, 0.25) is 0 Å². The first-order valence-corrected chi connectivity index (χ1v) is 8.33. The fraction of sp³-hybridized carbons (Fsp3) is 0.167. The van der Waals surface area contributed by atoms with E-state index in [0.717, 1.165) is 10.1 Å². The summed E-state index contributed by atoms with van der Waals surface area (Å²) in [6, 6.07) is 12.3. The third-order valence-corrected chi connectivity index (χ3v) is 4.00. The van der Waals surface area contributed by atoms with Crippen molar-refractivity contribution in [3.05, 3.63) is 41.7 Å². The Hall–Kier alpha value is -4.51. The normalized spacial score (nSPS) is 10.7. The molecule has 11 heteroatoms. The molecule has 0 aliphatic carbocycles. The van der Waals surface area contributed by atoms with Crippen LogP contribution in [0.25, 0.3) is 11.3 Å². The predicted molar refractivity (Wildman–Crippen MR) is 103 cm³/mol. The molecule has 2 heterocycles. The average molecular weight is 388 g/mol. The summed E-state index contributed by atoms with van der Waals surface area (Å²) < 4.78 is 2.38. The number of aromatic nitrogens is 4. The van der Waals surface area contributed by atoms with Crippen LogP contribution >= 0.6 is 0 Å². The Kier molecular flexibility index (Phi) is 5.06. The number of azo groups is 1. The molecular formula is C18H16N10O. The van der Waals surface area contributed by atoms with Crippen LogP contribution in [0.1, 0.15) is 11.4 Å². The van der Waals surface area contributed by atoms with E-state index in [1.165, 1.54) is 23.7 Å². The first-order chi connectivity index (χ1) is 13.9. The molecular weight excluding hydrogens is 372 g/mol. The van der Waals surface area contributed by atoms with Gasteiger partial charge in [0.25, 0.3) is 5.95 Å². The maximum absolute atomic E-state index is 12.5. The first-order valence-electron chi connectivity index (χ1n) is 8.33. The fourth-order valence-corrected chi connectivity index (χ4v) is 2.55. The van der Waals surface area contributed by atoms with Gasteiger partial charge in [0.1, 0.15) is 23.7 Å². The van der Waals surface area contributed by atoms with E-state index in [-0.39, 0.29) is 28.8 Å². The summed E-state index contributed by atoms with van der Waals surface area (Å²) in [4.78, 5) is 17.7. The number of carbonyl (C=O) groups excluding carboxylic acids is 1. The number of carbonyl (C=O) groups is 1. The number of anilines is 1. The highest BCUT2D eigenvalue weighted by molar-refractivity contribution is 5.82. The van der Waals surface area contributed by atoms with Crippen molar-refractivity contribution in [3.63, 3.8) is 0 Å². The zero-order chi connectivity index (χ0) is 21.1. The van der Waals surface area contributed by atoms with Crippen molar-refractivity contribution in [1.82, 2.24) is 24.2 Å². The molecule has 0 saturated carbocycles. The number of amides is 1. The summed E-state index contributed by atoms with van der Waals surface area (Å²) in [5, 5.41) is 31.1. The standard InChI is InChI=1S/C18H16N10O/c1-26(2)18(29)28-13(10-20)12(9-19)22-17(28)24-23-15-14(25-27(3)16(15)21)11-7-5-4-6-8-11/h4-8H,21H2,1-3H3/b24-23+. The molecule has 1 aromatic carbocycles. The molecule has 0 aliphatic rings. The van der Waals surface area contributed by atoms with Crippen LogP contribution in [0.15, 0.2) is 40.6 Å². The first kappa shape index (κ1) is 19.3. The van der Waals surface area contributed by atoms with Crippen molar-refractivity contribution in [2.75, 3.05) is 19.8 Å². The highest BCUT2D eigenvalue weighted by Crippen LogP contribution is 2.35. The number of nitriles is 2. The van der Waals surface area contributed by atoms with Gasteiger partial charge in [0.15, 0.2) is 17.1 Å². The quantitative estimate of drug-likeness (QED) is 0.680. The lowest BCUT2D eigenvalue weighted by Gasteiger charge is -2.11. The molecule has 0 bridgehead atoms. The van der Waals surface area contributed by atoms with Crippen LogP contribution in [0.4, 0.5) is 22.2 Å². The molecule has 11 nitrogen and oxygen atoms in total. The second-order valence-electron chi connectivity index (χ2n) is 6.12. The van der Waals surface area contributed by atoms with Gasteiger partial charge in [0, 0.05) is 26.7 Å². The zero-order valence-corrected chi connectivity index (χ0v) is 15.9. The second-order valence-corrected chi connectivity index (χ2v) is 6.12. The van der Waals surface area contributed by atoms with Crippen molar-refractivity contribution in [2.24, 2.45) is 17.3 Å². The number of nitrogens with two attached hydrogens (primary N) is 1. The van der Waals surface area contributed by atoms with Crippen LogP contribution in [-0.4, -0.2) is 44.4 Å². The largest absolute Gasteiger partial charge is 0.382 e. The zero-order valence-electron chi connectivity index (χ0n) is 15.9. The van der Waals surface area contributed by atoms with Crippen LogP contribution in [0.2, 0.25) is 0 Å². The van der Waals surface area contributed by atoms with Crippen LogP contribution in [0.5, 0.6) is 0 Å². The number of imidazole rings is 1. The molecule has 0 radical (unpaired) electrons.